The molecule has 17 heavy (non-hydrogen) atoms. The number of aryl methyl sites for hydroxylation is 1. The summed E-state index contributed by atoms with van der Waals surface area (Å²) in [4.78, 5) is 2.54. The first kappa shape index (κ1) is 13.1. The van der Waals surface area contributed by atoms with Crippen LogP contribution in [-0.2, 0) is 6.42 Å². The second-order valence-corrected chi connectivity index (χ2v) is 5.72. The molecule has 0 spiro atoms. The van der Waals surface area contributed by atoms with Gasteiger partial charge < -0.3 is 10.2 Å². The van der Waals surface area contributed by atoms with Crippen molar-refractivity contribution in [1.82, 2.24) is 10.2 Å². The quantitative estimate of drug-likeness (QED) is 0.922. The molecule has 0 aromatic heterocycles. The van der Waals surface area contributed by atoms with E-state index >= 15 is 0 Å². The van der Waals surface area contributed by atoms with Gasteiger partial charge in [-0.05, 0) is 43.0 Å². The van der Waals surface area contributed by atoms with Gasteiger partial charge >= 0.3 is 0 Å². The summed E-state index contributed by atoms with van der Waals surface area (Å²) in [7, 11) is 0. The Hall–Kier alpha value is -0.380. The van der Waals surface area contributed by atoms with E-state index < -0.39 is 0 Å². The highest BCUT2D eigenvalue weighted by Crippen LogP contribution is 2.22. The van der Waals surface area contributed by atoms with Crippen LogP contribution in [0.5, 0.6) is 0 Å². The average Bonchev–Trinajstić information content (AvgIpc) is 2.34. The Labute approximate surface area is 113 Å². The van der Waals surface area contributed by atoms with Crippen molar-refractivity contribution in [2.45, 2.75) is 20.3 Å². The van der Waals surface area contributed by atoms with Crippen molar-refractivity contribution in [2.75, 3.05) is 32.7 Å². The summed E-state index contributed by atoms with van der Waals surface area (Å²) in [6, 6.07) is 4.59. The fraction of sp³-hybridized carbons (Fsp3) is 0.571. The maximum absolute atomic E-state index is 3.64. The van der Waals surface area contributed by atoms with Crippen molar-refractivity contribution in [3.05, 3.63) is 33.3 Å². The van der Waals surface area contributed by atoms with Crippen LogP contribution in [0.25, 0.3) is 0 Å². The summed E-state index contributed by atoms with van der Waals surface area (Å²) in [5, 5.41) is 3.39. The van der Waals surface area contributed by atoms with E-state index in [4.69, 9.17) is 0 Å². The second-order valence-electron chi connectivity index (χ2n) is 4.86. The molecule has 2 nitrogen and oxygen atoms in total. The van der Waals surface area contributed by atoms with Crippen LogP contribution in [0.4, 0.5) is 0 Å². The van der Waals surface area contributed by atoms with Crippen LogP contribution in [0.3, 0.4) is 0 Å². The Morgan fingerprint density at radius 3 is 2.59 bits per heavy atom. The molecule has 0 saturated carbocycles. The molecule has 1 saturated heterocycles. The molecule has 0 radical (unpaired) electrons. The number of piperazine rings is 1. The van der Waals surface area contributed by atoms with E-state index in [1.807, 2.05) is 0 Å². The highest BCUT2D eigenvalue weighted by molar-refractivity contribution is 9.10. The van der Waals surface area contributed by atoms with E-state index in [0.717, 1.165) is 19.5 Å². The average molecular weight is 297 g/mol. The Bertz CT molecular complexity index is 361. The predicted molar refractivity (Wildman–Crippen MR) is 76.6 cm³/mol. The second kappa shape index (κ2) is 5.98. The van der Waals surface area contributed by atoms with Crippen molar-refractivity contribution in [3.63, 3.8) is 0 Å². The standard InChI is InChI=1S/C14H21BrN2/c1-11-9-13(10-14(15)12(11)2)3-6-17-7-4-16-5-8-17/h9-10,16H,3-8H2,1-2H3. The van der Waals surface area contributed by atoms with E-state index in [1.54, 1.807) is 0 Å². The van der Waals surface area contributed by atoms with Gasteiger partial charge in [-0.15, -0.1) is 0 Å². The number of hydrogen-bond acceptors (Lipinski definition) is 2. The van der Waals surface area contributed by atoms with Crippen molar-refractivity contribution in [2.24, 2.45) is 0 Å². The summed E-state index contributed by atoms with van der Waals surface area (Å²) in [6.45, 7) is 10.2. The van der Waals surface area contributed by atoms with E-state index in [9.17, 15) is 0 Å². The minimum absolute atomic E-state index is 1.14. The van der Waals surface area contributed by atoms with Gasteiger partial charge in [-0.3, -0.25) is 0 Å². The number of nitrogens with zero attached hydrogens (tertiary/aromatic N) is 1. The smallest absolute Gasteiger partial charge is 0.0209 e. The Morgan fingerprint density at radius 1 is 1.24 bits per heavy atom. The first-order valence-electron chi connectivity index (χ1n) is 6.35. The minimum atomic E-state index is 1.14. The van der Waals surface area contributed by atoms with Gasteiger partial charge in [-0.1, -0.05) is 22.0 Å². The van der Waals surface area contributed by atoms with E-state index in [1.165, 1.54) is 40.8 Å². The Morgan fingerprint density at radius 2 is 1.94 bits per heavy atom. The molecule has 1 aromatic rings. The highest BCUT2D eigenvalue weighted by Gasteiger charge is 2.09. The zero-order chi connectivity index (χ0) is 12.3. The van der Waals surface area contributed by atoms with Gasteiger partial charge in [0.2, 0.25) is 0 Å². The topological polar surface area (TPSA) is 15.3 Å². The molecule has 1 aliphatic rings. The Kier molecular flexibility index (Phi) is 4.60. The van der Waals surface area contributed by atoms with Gasteiger partial charge in [0.05, 0.1) is 0 Å². The number of benzene rings is 1. The molecule has 1 fully saturated rings. The first-order chi connectivity index (χ1) is 8.16. The summed E-state index contributed by atoms with van der Waals surface area (Å²) in [5.41, 5.74) is 4.18. The molecule has 0 aliphatic carbocycles. The van der Waals surface area contributed by atoms with Crippen molar-refractivity contribution in [1.29, 1.82) is 0 Å². The van der Waals surface area contributed by atoms with E-state index in [0.29, 0.717) is 0 Å². The normalized spacial score (nSPS) is 17.4. The number of rotatable bonds is 3. The Balaban J connectivity index is 1.94. The van der Waals surface area contributed by atoms with Gasteiger partial charge in [-0.25, -0.2) is 0 Å². The lowest BCUT2D eigenvalue weighted by atomic mass is 10.0. The molecule has 0 amide bonds. The molecule has 2 rings (SSSR count). The van der Waals surface area contributed by atoms with Crippen LogP contribution in [0.2, 0.25) is 0 Å². The van der Waals surface area contributed by atoms with Crippen molar-refractivity contribution >= 4 is 15.9 Å². The van der Waals surface area contributed by atoms with Crippen LogP contribution in [0.1, 0.15) is 16.7 Å². The fourth-order valence-electron chi connectivity index (χ4n) is 2.25. The van der Waals surface area contributed by atoms with E-state index in [2.05, 4.69) is 52.1 Å². The van der Waals surface area contributed by atoms with Crippen LogP contribution in [0.15, 0.2) is 16.6 Å². The molecule has 1 aromatic carbocycles. The number of halogens is 1. The highest BCUT2D eigenvalue weighted by atomic mass is 79.9. The minimum Gasteiger partial charge on any atom is -0.314 e. The third-order valence-electron chi connectivity index (χ3n) is 3.59. The molecule has 94 valence electrons. The lowest BCUT2D eigenvalue weighted by Gasteiger charge is -2.27. The maximum atomic E-state index is 3.64. The van der Waals surface area contributed by atoms with Gasteiger partial charge in [0.15, 0.2) is 0 Å². The summed E-state index contributed by atoms with van der Waals surface area (Å²) in [6.07, 6.45) is 1.15. The summed E-state index contributed by atoms with van der Waals surface area (Å²) < 4.78 is 1.24. The van der Waals surface area contributed by atoms with Gasteiger partial charge in [0.1, 0.15) is 0 Å². The van der Waals surface area contributed by atoms with Gasteiger partial charge in [-0.2, -0.15) is 0 Å². The largest absolute Gasteiger partial charge is 0.314 e. The zero-order valence-corrected chi connectivity index (χ0v) is 12.3. The fourth-order valence-corrected chi connectivity index (χ4v) is 2.86. The SMILES string of the molecule is Cc1cc(CCN2CCNCC2)cc(Br)c1C. The van der Waals surface area contributed by atoms with Crippen LogP contribution >= 0.6 is 15.9 Å². The maximum Gasteiger partial charge on any atom is 0.0209 e. The molecule has 0 bridgehead atoms. The van der Waals surface area contributed by atoms with Crippen molar-refractivity contribution in [3.8, 4) is 0 Å². The molecular weight excluding hydrogens is 276 g/mol. The van der Waals surface area contributed by atoms with Crippen LogP contribution in [-0.4, -0.2) is 37.6 Å². The predicted octanol–water partition coefficient (Wildman–Crippen LogP) is 2.51. The molecule has 1 heterocycles. The molecule has 1 aliphatic heterocycles. The molecule has 1 N–H and O–H groups in total. The molecule has 0 atom stereocenters. The first-order valence-corrected chi connectivity index (χ1v) is 7.15. The van der Waals surface area contributed by atoms with Crippen molar-refractivity contribution < 1.29 is 0 Å². The van der Waals surface area contributed by atoms with Gasteiger partial charge in [0.25, 0.3) is 0 Å². The third kappa shape index (κ3) is 3.54. The van der Waals surface area contributed by atoms with E-state index in [-0.39, 0.29) is 0 Å². The number of nitrogens with one attached hydrogen (secondary N) is 1. The summed E-state index contributed by atoms with van der Waals surface area (Å²) in [5.74, 6) is 0. The lowest BCUT2D eigenvalue weighted by Crippen LogP contribution is -2.44. The zero-order valence-electron chi connectivity index (χ0n) is 10.7. The summed E-state index contributed by atoms with van der Waals surface area (Å²) >= 11 is 3.64. The van der Waals surface area contributed by atoms with Crippen LogP contribution in [0, 0.1) is 13.8 Å². The third-order valence-corrected chi connectivity index (χ3v) is 4.41. The van der Waals surface area contributed by atoms with Crippen LogP contribution < -0.4 is 5.32 Å². The monoisotopic (exact) mass is 296 g/mol. The molecule has 0 unspecified atom stereocenters. The molecular formula is C14H21BrN2. The number of hydrogen-bond donors (Lipinski definition) is 1. The molecule has 3 heteroatoms. The lowest BCUT2D eigenvalue weighted by molar-refractivity contribution is 0.244. The van der Waals surface area contributed by atoms with Gasteiger partial charge in [0, 0.05) is 37.2 Å².